The van der Waals surface area contributed by atoms with E-state index in [0.29, 0.717) is 37.2 Å². The second-order valence-corrected chi connectivity index (χ2v) is 7.31. The zero-order chi connectivity index (χ0) is 18.8. The first kappa shape index (κ1) is 19.4. The largest absolute Gasteiger partial charge is 0.465 e. The van der Waals surface area contributed by atoms with E-state index in [0.717, 1.165) is 0 Å². The molecule has 0 aliphatic carbocycles. The first-order chi connectivity index (χ1) is 11.6. The maximum Gasteiger partial charge on any atom is 0.405 e. The van der Waals surface area contributed by atoms with Gasteiger partial charge in [0.05, 0.1) is 12.2 Å². The molecule has 1 aliphatic heterocycles. The molecule has 1 fully saturated rings. The van der Waals surface area contributed by atoms with Crippen LogP contribution >= 0.6 is 11.6 Å². The Balaban J connectivity index is 2.08. The number of aromatic nitrogens is 2. The van der Waals surface area contributed by atoms with Crippen molar-refractivity contribution in [3.8, 4) is 0 Å². The van der Waals surface area contributed by atoms with Gasteiger partial charge in [0.1, 0.15) is 11.9 Å². The normalized spacial score (nSPS) is 21.1. The van der Waals surface area contributed by atoms with Gasteiger partial charge in [0.2, 0.25) is 0 Å². The van der Waals surface area contributed by atoms with Gasteiger partial charge < -0.3 is 15.3 Å². The average Bonchev–Trinajstić information content (AvgIpc) is 2.49. The Morgan fingerprint density at radius 2 is 2.20 bits per heavy atom. The lowest BCUT2D eigenvalue weighted by Crippen LogP contribution is -2.49. The number of hydrogen-bond acceptors (Lipinski definition) is 5. The number of nitrogens with one attached hydrogen (secondary N) is 1. The van der Waals surface area contributed by atoms with Crippen LogP contribution in [0.3, 0.4) is 0 Å². The molecule has 0 saturated carbocycles. The van der Waals surface area contributed by atoms with Crippen molar-refractivity contribution in [2.24, 2.45) is 5.92 Å². The number of piperidine rings is 1. The molecule has 0 radical (unpaired) electrons. The zero-order valence-electron chi connectivity index (χ0n) is 14.4. The fourth-order valence-electron chi connectivity index (χ4n) is 3.25. The number of carboxylic acid groups (broad SMARTS) is 1. The predicted octanol–water partition coefficient (Wildman–Crippen LogP) is 2.85. The first-order valence-electron chi connectivity index (χ1n) is 8.02. The third-order valence-electron chi connectivity index (χ3n) is 4.33. The van der Waals surface area contributed by atoms with Crippen LogP contribution in [0.15, 0.2) is 0 Å². The van der Waals surface area contributed by atoms with Crippen LogP contribution in [0, 0.1) is 12.8 Å². The molecule has 2 atom stereocenters. The predicted molar refractivity (Wildman–Crippen MR) is 92.2 cm³/mol. The molecule has 25 heavy (non-hydrogen) atoms. The number of aldehydes is 1. The lowest BCUT2D eigenvalue weighted by molar-refractivity contribution is 0.111. The number of alkyl halides is 1. The zero-order valence-corrected chi connectivity index (χ0v) is 15.2. The van der Waals surface area contributed by atoms with Crippen molar-refractivity contribution in [1.82, 2.24) is 15.3 Å². The van der Waals surface area contributed by atoms with E-state index in [1.165, 1.54) is 0 Å². The van der Waals surface area contributed by atoms with Gasteiger partial charge in [-0.25, -0.2) is 19.2 Å². The molecule has 1 aromatic heterocycles. The highest BCUT2D eigenvalue weighted by atomic mass is 35.5. The fourth-order valence-corrected chi connectivity index (χ4v) is 3.42. The van der Waals surface area contributed by atoms with E-state index < -0.39 is 17.8 Å². The molecule has 2 rings (SSSR count). The summed E-state index contributed by atoms with van der Waals surface area (Å²) in [4.78, 5) is 31.7. The molecule has 0 bridgehead atoms. The SMILES string of the molecule is Cc1nc(C=O)c(Cl)nc1N1CC[C@@H](CC(C)(C)NC(=O)O)[C@@H](F)C1. The van der Waals surface area contributed by atoms with E-state index in [1.54, 1.807) is 25.7 Å². The molecule has 2 N–H and O–H groups in total. The summed E-state index contributed by atoms with van der Waals surface area (Å²) in [5.74, 6) is 0.218. The van der Waals surface area contributed by atoms with Crippen LogP contribution < -0.4 is 10.2 Å². The molecule has 2 heterocycles. The Hall–Kier alpha value is -1.96. The number of carbonyl (C=O) groups is 2. The van der Waals surface area contributed by atoms with E-state index in [1.807, 2.05) is 0 Å². The van der Waals surface area contributed by atoms with Gasteiger partial charge in [-0.3, -0.25) is 4.79 Å². The van der Waals surface area contributed by atoms with Gasteiger partial charge in [-0.1, -0.05) is 11.6 Å². The van der Waals surface area contributed by atoms with Crippen LogP contribution in [0.25, 0.3) is 0 Å². The molecule has 1 saturated heterocycles. The Labute approximate surface area is 150 Å². The minimum Gasteiger partial charge on any atom is -0.465 e. The number of anilines is 1. The lowest BCUT2D eigenvalue weighted by atomic mass is 9.83. The highest BCUT2D eigenvalue weighted by Crippen LogP contribution is 2.31. The lowest BCUT2D eigenvalue weighted by Gasteiger charge is -2.39. The Bertz CT molecular complexity index is 671. The highest BCUT2D eigenvalue weighted by molar-refractivity contribution is 6.31. The molecule has 1 aliphatic rings. The second kappa shape index (κ2) is 7.51. The Kier molecular flexibility index (Phi) is 5.82. The molecule has 138 valence electrons. The topological polar surface area (TPSA) is 95.4 Å². The number of rotatable bonds is 5. The summed E-state index contributed by atoms with van der Waals surface area (Å²) >= 11 is 5.93. The number of carbonyl (C=O) groups excluding carboxylic acids is 1. The monoisotopic (exact) mass is 372 g/mol. The minimum absolute atomic E-state index is 0.0000712. The van der Waals surface area contributed by atoms with E-state index in [-0.39, 0.29) is 23.3 Å². The molecule has 1 amide bonds. The summed E-state index contributed by atoms with van der Waals surface area (Å²) in [6.45, 7) is 5.87. The van der Waals surface area contributed by atoms with Crippen LogP contribution in [0.2, 0.25) is 5.15 Å². The summed E-state index contributed by atoms with van der Waals surface area (Å²) in [6.07, 6.45) is -0.749. The molecule has 0 spiro atoms. The molecule has 9 heteroatoms. The van der Waals surface area contributed by atoms with Crippen LogP contribution in [0.5, 0.6) is 0 Å². The summed E-state index contributed by atoms with van der Waals surface area (Å²) < 4.78 is 14.7. The highest BCUT2D eigenvalue weighted by Gasteiger charge is 2.35. The van der Waals surface area contributed by atoms with Gasteiger partial charge in [-0.2, -0.15) is 0 Å². The molecule has 1 aromatic rings. The number of hydrogen-bond donors (Lipinski definition) is 2. The molecule has 0 unspecified atom stereocenters. The van der Waals surface area contributed by atoms with Crippen molar-refractivity contribution in [1.29, 1.82) is 0 Å². The average molecular weight is 373 g/mol. The van der Waals surface area contributed by atoms with Crippen LogP contribution in [-0.2, 0) is 0 Å². The molecule has 7 nitrogen and oxygen atoms in total. The van der Waals surface area contributed by atoms with Crippen LogP contribution in [0.1, 0.15) is 42.9 Å². The number of amides is 1. The number of aryl methyl sites for hydroxylation is 1. The van der Waals surface area contributed by atoms with Gasteiger partial charge in [0, 0.05) is 12.1 Å². The number of halogens is 2. The molecular formula is C16H22ClFN4O3. The summed E-state index contributed by atoms with van der Waals surface area (Å²) in [5, 5.41) is 11.3. The third-order valence-corrected chi connectivity index (χ3v) is 4.61. The van der Waals surface area contributed by atoms with Gasteiger partial charge >= 0.3 is 6.09 Å². The quantitative estimate of drug-likeness (QED) is 0.771. The van der Waals surface area contributed by atoms with Crippen molar-refractivity contribution < 1.29 is 19.1 Å². The van der Waals surface area contributed by atoms with Crippen molar-refractivity contribution in [3.63, 3.8) is 0 Å². The maximum absolute atomic E-state index is 14.7. The van der Waals surface area contributed by atoms with E-state index in [2.05, 4.69) is 15.3 Å². The molecular weight excluding hydrogens is 351 g/mol. The van der Waals surface area contributed by atoms with Gasteiger partial charge in [-0.15, -0.1) is 0 Å². The third kappa shape index (κ3) is 4.78. The van der Waals surface area contributed by atoms with Crippen molar-refractivity contribution in [2.45, 2.75) is 45.3 Å². The van der Waals surface area contributed by atoms with Crippen molar-refractivity contribution >= 4 is 29.8 Å². The van der Waals surface area contributed by atoms with Gasteiger partial charge in [-0.05, 0) is 39.5 Å². The van der Waals surface area contributed by atoms with Gasteiger partial charge in [0.15, 0.2) is 17.3 Å². The summed E-state index contributed by atoms with van der Waals surface area (Å²) in [6, 6.07) is 0. The molecule has 0 aromatic carbocycles. The van der Waals surface area contributed by atoms with Crippen molar-refractivity contribution in [3.05, 3.63) is 16.5 Å². The van der Waals surface area contributed by atoms with Crippen molar-refractivity contribution in [2.75, 3.05) is 18.0 Å². The van der Waals surface area contributed by atoms with E-state index in [4.69, 9.17) is 16.7 Å². The summed E-state index contributed by atoms with van der Waals surface area (Å²) in [7, 11) is 0. The van der Waals surface area contributed by atoms with Gasteiger partial charge in [0.25, 0.3) is 0 Å². The van der Waals surface area contributed by atoms with Crippen LogP contribution in [0.4, 0.5) is 15.0 Å². The fraction of sp³-hybridized carbons (Fsp3) is 0.625. The minimum atomic E-state index is -1.13. The maximum atomic E-state index is 14.7. The first-order valence-corrected chi connectivity index (χ1v) is 8.40. The van der Waals surface area contributed by atoms with E-state index in [9.17, 15) is 14.0 Å². The standard InChI is InChI=1S/C16H22ClFN4O3/c1-9-14(20-13(17)12(8-23)19-9)22-5-4-10(11(18)7-22)6-16(2,3)21-15(24)25/h8,10-11,21H,4-7H2,1-3H3,(H,24,25)/t10-,11-/m0/s1. The second-order valence-electron chi connectivity index (χ2n) is 6.96. The van der Waals surface area contributed by atoms with Crippen LogP contribution in [-0.4, -0.2) is 52.3 Å². The summed E-state index contributed by atoms with van der Waals surface area (Å²) in [5.41, 5.74) is -0.116. The smallest absolute Gasteiger partial charge is 0.405 e. The number of nitrogens with zero attached hydrogens (tertiary/aromatic N) is 3. The Morgan fingerprint density at radius 1 is 1.52 bits per heavy atom. The Morgan fingerprint density at radius 3 is 2.76 bits per heavy atom. The van der Waals surface area contributed by atoms with E-state index >= 15 is 0 Å².